The molecule has 0 bridgehead atoms. The van der Waals surface area contributed by atoms with Crippen LogP contribution in [0.25, 0.3) is 0 Å². The van der Waals surface area contributed by atoms with Gasteiger partial charge in [-0.2, -0.15) is 0 Å². The Hall–Kier alpha value is -1.47. The third kappa shape index (κ3) is 2.55. The molecule has 0 aliphatic carbocycles. The normalized spacial score (nSPS) is 25.1. The molecule has 0 spiro atoms. The second-order valence-corrected chi connectivity index (χ2v) is 6.66. The van der Waals surface area contributed by atoms with Crippen LogP contribution >= 0.6 is 11.3 Å². The van der Waals surface area contributed by atoms with E-state index >= 15 is 0 Å². The Balaban J connectivity index is 1.65. The topological polar surface area (TPSA) is 65.5 Å². The van der Waals surface area contributed by atoms with E-state index < -0.39 is 0 Å². The van der Waals surface area contributed by atoms with Gasteiger partial charge in [-0.25, -0.2) is 4.98 Å². The number of hydrogen-bond donors (Lipinski definition) is 1. The molecular weight excluding hydrogens is 276 g/mol. The minimum atomic E-state index is -0.0186. The monoisotopic (exact) mass is 294 g/mol. The van der Waals surface area contributed by atoms with Crippen LogP contribution in [0.2, 0.25) is 0 Å². The van der Waals surface area contributed by atoms with Crippen LogP contribution < -0.4 is 5.32 Å². The summed E-state index contributed by atoms with van der Waals surface area (Å²) in [6.07, 6.45) is 0.539. The van der Waals surface area contributed by atoms with Gasteiger partial charge in [-0.3, -0.25) is 9.59 Å². The number of nitrogens with zero attached hydrogens (tertiary/aromatic N) is 3. The molecule has 2 saturated heterocycles. The third-order valence-electron chi connectivity index (χ3n) is 3.74. The van der Waals surface area contributed by atoms with E-state index in [1.807, 2.05) is 29.3 Å². The van der Waals surface area contributed by atoms with E-state index in [9.17, 15) is 9.59 Å². The summed E-state index contributed by atoms with van der Waals surface area (Å²) in [6, 6.07) is 0.131. The zero-order valence-electron chi connectivity index (χ0n) is 11.6. The molecule has 0 saturated carbocycles. The average molecular weight is 294 g/mol. The van der Waals surface area contributed by atoms with E-state index in [0.717, 1.165) is 11.6 Å². The molecule has 0 aromatic carbocycles. The van der Waals surface area contributed by atoms with Crippen LogP contribution in [-0.2, 0) is 11.3 Å². The molecule has 6 nitrogen and oxygen atoms in total. The molecule has 2 atom stereocenters. The quantitative estimate of drug-likeness (QED) is 0.863. The molecule has 20 heavy (non-hydrogen) atoms. The van der Waals surface area contributed by atoms with Gasteiger partial charge < -0.3 is 15.1 Å². The van der Waals surface area contributed by atoms with Gasteiger partial charge in [0.05, 0.1) is 6.04 Å². The van der Waals surface area contributed by atoms with E-state index in [-0.39, 0.29) is 23.8 Å². The fourth-order valence-electron chi connectivity index (χ4n) is 2.83. The highest BCUT2D eigenvalue weighted by Gasteiger charge is 2.42. The Kier molecular flexibility index (Phi) is 3.47. The molecular formula is C13H18N4O2S. The van der Waals surface area contributed by atoms with E-state index in [1.54, 1.807) is 0 Å². The van der Waals surface area contributed by atoms with Crippen molar-refractivity contribution in [2.75, 3.05) is 27.2 Å². The molecule has 2 aliphatic rings. The molecule has 7 heteroatoms. The van der Waals surface area contributed by atoms with Crippen LogP contribution in [0, 0.1) is 5.92 Å². The van der Waals surface area contributed by atoms with Gasteiger partial charge in [0, 0.05) is 37.4 Å². The minimum absolute atomic E-state index is 0.0186. The third-order valence-corrected chi connectivity index (χ3v) is 4.58. The zero-order valence-corrected chi connectivity index (χ0v) is 12.4. The number of rotatable bonds is 3. The fraction of sp³-hybridized carbons (Fsp3) is 0.615. The number of carbonyl (C=O) groups is 2. The first-order valence-corrected chi connectivity index (χ1v) is 7.58. The van der Waals surface area contributed by atoms with E-state index in [4.69, 9.17) is 0 Å². The fourth-order valence-corrected chi connectivity index (χ4v) is 3.71. The van der Waals surface area contributed by atoms with Gasteiger partial charge in [-0.1, -0.05) is 0 Å². The largest absolute Gasteiger partial charge is 0.351 e. The van der Waals surface area contributed by atoms with Crippen LogP contribution in [-0.4, -0.2) is 59.8 Å². The summed E-state index contributed by atoms with van der Waals surface area (Å²) in [5.74, 6) is 0.357. The number of likely N-dealkylation sites (tertiary alicyclic amines) is 1. The van der Waals surface area contributed by atoms with Gasteiger partial charge in [0.2, 0.25) is 5.91 Å². The number of thiazole rings is 1. The van der Waals surface area contributed by atoms with Crippen molar-refractivity contribution in [3.05, 3.63) is 16.1 Å². The van der Waals surface area contributed by atoms with E-state index in [2.05, 4.69) is 10.3 Å². The number of hydrogen-bond acceptors (Lipinski definition) is 5. The van der Waals surface area contributed by atoms with Crippen molar-refractivity contribution in [1.82, 2.24) is 20.1 Å². The molecule has 108 valence electrons. The van der Waals surface area contributed by atoms with Gasteiger partial charge in [0.15, 0.2) is 0 Å². The summed E-state index contributed by atoms with van der Waals surface area (Å²) in [7, 11) is 3.96. The highest BCUT2D eigenvalue weighted by molar-refractivity contribution is 7.09. The number of amides is 2. The first-order valence-electron chi connectivity index (χ1n) is 6.70. The van der Waals surface area contributed by atoms with Crippen LogP contribution in [0.3, 0.4) is 0 Å². The van der Waals surface area contributed by atoms with Crippen LogP contribution in [0.1, 0.15) is 21.9 Å². The Morgan fingerprint density at radius 3 is 3.05 bits per heavy atom. The molecule has 0 unspecified atom stereocenters. The number of nitrogens with one attached hydrogen (secondary N) is 1. The van der Waals surface area contributed by atoms with Crippen molar-refractivity contribution in [3.8, 4) is 0 Å². The predicted molar refractivity (Wildman–Crippen MR) is 75.4 cm³/mol. The Morgan fingerprint density at radius 1 is 1.55 bits per heavy atom. The summed E-state index contributed by atoms with van der Waals surface area (Å²) >= 11 is 1.52. The lowest BCUT2D eigenvalue weighted by Crippen LogP contribution is -2.35. The van der Waals surface area contributed by atoms with Gasteiger partial charge in [0.25, 0.3) is 5.91 Å². The Morgan fingerprint density at radius 2 is 2.35 bits per heavy atom. The zero-order chi connectivity index (χ0) is 14.3. The molecule has 2 fully saturated rings. The average Bonchev–Trinajstić information content (AvgIpc) is 3.01. The minimum Gasteiger partial charge on any atom is -0.351 e. The van der Waals surface area contributed by atoms with Crippen molar-refractivity contribution in [1.29, 1.82) is 0 Å². The van der Waals surface area contributed by atoms with Crippen molar-refractivity contribution in [2.45, 2.75) is 19.0 Å². The second-order valence-electron chi connectivity index (χ2n) is 5.71. The van der Waals surface area contributed by atoms with Crippen LogP contribution in [0.15, 0.2) is 5.38 Å². The second kappa shape index (κ2) is 5.14. The lowest BCUT2D eigenvalue weighted by atomic mass is 10.1. The summed E-state index contributed by atoms with van der Waals surface area (Å²) in [5, 5.41) is 5.70. The maximum Gasteiger partial charge on any atom is 0.273 e. The standard InChI is InChI=1S/C13H18N4O2S/c1-16(2)6-12-15-10(7-20-12)13(19)17-4-8-3-11(18)14-9(8)5-17/h7-9H,3-6H2,1-2H3,(H,14,18)/t8-,9+/m0/s1. The van der Waals surface area contributed by atoms with Crippen LogP contribution in [0.5, 0.6) is 0 Å². The number of aromatic nitrogens is 1. The summed E-state index contributed by atoms with van der Waals surface area (Å²) < 4.78 is 0. The van der Waals surface area contributed by atoms with Crippen LogP contribution in [0.4, 0.5) is 0 Å². The molecule has 1 aromatic rings. The molecule has 2 aliphatic heterocycles. The number of carbonyl (C=O) groups excluding carboxylic acids is 2. The maximum absolute atomic E-state index is 12.4. The smallest absolute Gasteiger partial charge is 0.273 e. The van der Waals surface area contributed by atoms with E-state index in [0.29, 0.717) is 25.2 Å². The summed E-state index contributed by atoms with van der Waals surface area (Å²) in [5.41, 5.74) is 0.526. The van der Waals surface area contributed by atoms with Gasteiger partial charge in [-0.05, 0) is 14.1 Å². The van der Waals surface area contributed by atoms with Crippen molar-refractivity contribution < 1.29 is 9.59 Å². The molecule has 0 radical (unpaired) electrons. The van der Waals surface area contributed by atoms with Gasteiger partial charge in [-0.15, -0.1) is 11.3 Å². The summed E-state index contributed by atoms with van der Waals surface area (Å²) in [6.45, 7) is 2.01. The van der Waals surface area contributed by atoms with Crippen molar-refractivity contribution >= 4 is 23.2 Å². The molecule has 3 rings (SSSR count). The summed E-state index contributed by atoms with van der Waals surface area (Å²) in [4.78, 5) is 31.9. The first kappa shape index (κ1) is 13.5. The predicted octanol–water partition coefficient (Wildman–Crippen LogP) is 0.165. The Bertz CT molecular complexity index is 526. The van der Waals surface area contributed by atoms with Gasteiger partial charge in [0.1, 0.15) is 10.7 Å². The van der Waals surface area contributed by atoms with Crippen molar-refractivity contribution in [2.24, 2.45) is 5.92 Å². The molecule has 1 aromatic heterocycles. The maximum atomic E-state index is 12.4. The molecule has 3 heterocycles. The van der Waals surface area contributed by atoms with Crippen molar-refractivity contribution in [3.63, 3.8) is 0 Å². The van der Waals surface area contributed by atoms with Gasteiger partial charge >= 0.3 is 0 Å². The Labute approximate surface area is 121 Å². The van der Waals surface area contributed by atoms with E-state index in [1.165, 1.54) is 11.3 Å². The molecule has 2 amide bonds. The SMILES string of the molecule is CN(C)Cc1nc(C(=O)N2C[C@@H]3CC(=O)N[C@@H]3C2)cs1. The highest BCUT2D eigenvalue weighted by Crippen LogP contribution is 2.26. The molecule has 1 N–H and O–H groups in total. The lowest BCUT2D eigenvalue weighted by Gasteiger charge is -2.15. The lowest BCUT2D eigenvalue weighted by molar-refractivity contribution is -0.119. The first-order chi connectivity index (χ1) is 9.52. The highest BCUT2D eigenvalue weighted by atomic mass is 32.1. The number of fused-ring (bicyclic) bond motifs is 1.